The quantitative estimate of drug-likeness (QED) is 0.433. The summed E-state index contributed by atoms with van der Waals surface area (Å²) in [4.78, 5) is 8.03. The van der Waals surface area contributed by atoms with Crippen molar-refractivity contribution in [3.8, 4) is 11.3 Å². The number of nitrogens with two attached hydrogens (primary N) is 1. The number of nitrogens with zero attached hydrogens (tertiary/aromatic N) is 2. The van der Waals surface area contributed by atoms with Crippen molar-refractivity contribution in [2.45, 2.75) is 19.0 Å². The lowest BCUT2D eigenvalue weighted by Gasteiger charge is -2.09. The lowest BCUT2D eigenvalue weighted by Crippen LogP contribution is -2.28. The molecule has 1 atom stereocenters. The Morgan fingerprint density at radius 1 is 1.33 bits per heavy atom. The van der Waals surface area contributed by atoms with Crippen LogP contribution in [0.2, 0.25) is 5.02 Å². The van der Waals surface area contributed by atoms with Gasteiger partial charge in [0.2, 0.25) is 0 Å². The van der Waals surface area contributed by atoms with Gasteiger partial charge in [-0.2, -0.15) is 5.10 Å². The van der Waals surface area contributed by atoms with Crippen molar-refractivity contribution in [1.82, 2.24) is 25.5 Å². The maximum atomic E-state index is 6.62. The predicted octanol–water partition coefficient (Wildman–Crippen LogP) is 3.22. The molecule has 1 aliphatic heterocycles. The molecule has 4 heterocycles. The number of nitrogens with one attached hydrogen (secondary N) is 3. The van der Waals surface area contributed by atoms with Gasteiger partial charge in [0.25, 0.3) is 0 Å². The Morgan fingerprint density at radius 2 is 2.26 bits per heavy atom. The van der Waals surface area contributed by atoms with Crippen molar-refractivity contribution in [1.29, 1.82) is 0 Å². The average molecular weight is 383 g/mol. The summed E-state index contributed by atoms with van der Waals surface area (Å²) < 4.78 is 5.41. The fourth-order valence-corrected chi connectivity index (χ4v) is 3.94. The number of ether oxygens (including phenoxy) is 1. The first-order chi connectivity index (χ1) is 13.2. The summed E-state index contributed by atoms with van der Waals surface area (Å²) in [6.07, 6.45) is 2.81. The first kappa shape index (κ1) is 16.6. The Labute approximate surface area is 160 Å². The van der Waals surface area contributed by atoms with Crippen molar-refractivity contribution in [3.05, 3.63) is 41.2 Å². The average Bonchev–Trinajstić information content (AvgIpc) is 3.42. The molecule has 0 saturated carbocycles. The molecule has 3 aromatic heterocycles. The van der Waals surface area contributed by atoms with Crippen LogP contribution in [0.4, 0.5) is 5.82 Å². The number of hydrogen-bond acceptors (Lipinski definition) is 5. The predicted molar refractivity (Wildman–Crippen MR) is 107 cm³/mol. The van der Waals surface area contributed by atoms with Crippen LogP contribution < -0.4 is 11.1 Å². The number of hydrogen-bond donors (Lipinski definition) is 4. The molecule has 1 fully saturated rings. The molecule has 0 amide bonds. The third-order valence-corrected chi connectivity index (χ3v) is 5.49. The summed E-state index contributed by atoms with van der Waals surface area (Å²) in [6.45, 7) is 2.17. The molecular weight excluding hydrogens is 364 g/mol. The minimum atomic E-state index is 0.358. The van der Waals surface area contributed by atoms with Gasteiger partial charge < -0.3 is 20.8 Å². The van der Waals surface area contributed by atoms with Crippen LogP contribution in [0.3, 0.4) is 0 Å². The summed E-state index contributed by atoms with van der Waals surface area (Å²) in [7, 11) is 0. The molecule has 4 aromatic rings. The van der Waals surface area contributed by atoms with Crippen LogP contribution in [0, 0.1) is 0 Å². The van der Waals surface area contributed by atoms with Crippen molar-refractivity contribution >= 4 is 39.2 Å². The summed E-state index contributed by atoms with van der Waals surface area (Å²) in [5, 5.41) is 12.9. The SMILES string of the molecule is Nc1nc2cc(-c3cc[nH]n3)ccc2c2[nH]c(CN[C@H]3CCOC3)c(Cl)c12. The van der Waals surface area contributed by atoms with Crippen molar-refractivity contribution in [3.63, 3.8) is 0 Å². The maximum absolute atomic E-state index is 6.62. The molecule has 0 aliphatic carbocycles. The number of benzene rings is 1. The largest absolute Gasteiger partial charge is 0.383 e. The molecular formula is C19H19ClN6O. The van der Waals surface area contributed by atoms with Crippen molar-refractivity contribution < 1.29 is 4.74 Å². The number of rotatable bonds is 4. The summed E-state index contributed by atoms with van der Waals surface area (Å²) in [5.74, 6) is 0.424. The van der Waals surface area contributed by atoms with Crippen LogP contribution in [0.25, 0.3) is 33.1 Å². The van der Waals surface area contributed by atoms with Gasteiger partial charge in [-0.05, 0) is 18.6 Å². The molecule has 1 aliphatic rings. The number of halogens is 1. The highest BCUT2D eigenvalue weighted by Gasteiger charge is 2.19. The molecule has 5 N–H and O–H groups in total. The Balaban J connectivity index is 1.58. The molecule has 0 spiro atoms. The smallest absolute Gasteiger partial charge is 0.135 e. The van der Waals surface area contributed by atoms with Crippen LogP contribution in [0.15, 0.2) is 30.5 Å². The second-order valence-corrected chi connectivity index (χ2v) is 7.18. The molecule has 138 valence electrons. The van der Waals surface area contributed by atoms with E-state index < -0.39 is 0 Å². The Kier molecular flexibility index (Phi) is 4.00. The van der Waals surface area contributed by atoms with Crippen LogP contribution in [-0.4, -0.2) is 39.4 Å². The van der Waals surface area contributed by atoms with Gasteiger partial charge in [-0.1, -0.05) is 23.7 Å². The first-order valence-corrected chi connectivity index (χ1v) is 9.29. The van der Waals surface area contributed by atoms with Gasteiger partial charge in [-0.25, -0.2) is 4.98 Å². The minimum absolute atomic E-state index is 0.358. The van der Waals surface area contributed by atoms with E-state index in [4.69, 9.17) is 22.1 Å². The van der Waals surface area contributed by atoms with E-state index in [2.05, 4.69) is 25.5 Å². The van der Waals surface area contributed by atoms with Crippen molar-refractivity contribution in [2.24, 2.45) is 0 Å². The Bertz CT molecular complexity index is 1110. The van der Waals surface area contributed by atoms with Gasteiger partial charge >= 0.3 is 0 Å². The zero-order chi connectivity index (χ0) is 18.4. The third-order valence-electron chi connectivity index (χ3n) is 5.07. The summed E-state index contributed by atoms with van der Waals surface area (Å²) in [6, 6.07) is 8.33. The maximum Gasteiger partial charge on any atom is 0.135 e. The highest BCUT2D eigenvalue weighted by atomic mass is 35.5. The number of nitrogen functional groups attached to an aromatic ring is 1. The normalized spacial score (nSPS) is 17.3. The molecule has 1 aromatic carbocycles. The Hall–Kier alpha value is -2.61. The zero-order valence-corrected chi connectivity index (χ0v) is 15.3. The fraction of sp³-hybridized carbons (Fsp3) is 0.263. The van der Waals surface area contributed by atoms with Crippen LogP contribution in [0.1, 0.15) is 12.1 Å². The molecule has 8 heteroatoms. The molecule has 0 radical (unpaired) electrons. The highest BCUT2D eigenvalue weighted by molar-refractivity contribution is 6.38. The summed E-state index contributed by atoms with van der Waals surface area (Å²) in [5.41, 5.74) is 10.7. The molecule has 1 saturated heterocycles. The minimum Gasteiger partial charge on any atom is -0.383 e. The number of pyridine rings is 1. The lowest BCUT2D eigenvalue weighted by atomic mass is 10.1. The number of aromatic amines is 2. The molecule has 5 rings (SSSR count). The van der Waals surface area contributed by atoms with Gasteiger partial charge in [0.1, 0.15) is 5.82 Å². The Morgan fingerprint density at radius 3 is 3.04 bits per heavy atom. The van der Waals surface area contributed by atoms with Crippen molar-refractivity contribution in [2.75, 3.05) is 18.9 Å². The molecule has 27 heavy (non-hydrogen) atoms. The zero-order valence-electron chi connectivity index (χ0n) is 14.6. The van der Waals surface area contributed by atoms with Crippen LogP contribution in [-0.2, 0) is 11.3 Å². The topological polar surface area (TPSA) is 105 Å². The second-order valence-electron chi connectivity index (χ2n) is 6.80. The second kappa shape index (κ2) is 6.53. The third kappa shape index (κ3) is 2.84. The first-order valence-electron chi connectivity index (χ1n) is 8.91. The molecule has 7 nitrogen and oxygen atoms in total. The number of aromatic nitrogens is 4. The molecule has 0 bridgehead atoms. The number of H-pyrrole nitrogens is 2. The molecule has 0 unspecified atom stereocenters. The van der Waals surface area contributed by atoms with E-state index in [0.717, 1.165) is 58.4 Å². The van der Waals surface area contributed by atoms with Crippen LogP contribution in [0.5, 0.6) is 0 Å². The van der Waals surface area contributed by atoms with E-state index in [9.17, 15) is 0 Å². The number of fused-ring (bicyclic) bond motifs is 3. The fourth-order valence-electron chi connectivity index (χ4n) is 3.64. The van der Waals surface area contributed by atoms with E-state index in [0.29, 0.717) is 23.4 Å². The monoisotopic (exact) mass is 382 g/mol. The highest BCUT2D eigenvalue weighted by Crippen LogP contribution is 2.36. The summed E-state index contributed by atoms with van der Waals surface area (Å²) >= 11 is 6.62. The van der Waals surface area contributed by atoms with E-state index in [1.807, 2.05) is 24.3 Å². The number of anilines is 1. The van der Waals surface area contributed by atoms with Crippen LogP contribution >= 0.6 is 11.6 Å². The van der Waals surface area contributed by atoms with E-state index in [1.54, 1.807) is 6.20 Å². The van der Waals surface area contributed by atoms with Gasteiger partial charge in [0, 0.05) is 42.0 Å². The van der Waals surface area contributed by atoms with Gasteiger partial charge in [-0.3, -0.25) is 5.10 Å². The lowest BCUT2D eigenvalue weighted by molar-refractivity contribution is 0.189. The van der Waals surface area contributed by atoms with Gasteiger partial charge in [0.05, 0.1) is 33.7 Å². The van der Waals surface area contributed by atoms with Gasteiger partial charge in [0.15, 0.2) is 0 Å². The standard InChI is InChI=1S/C19H19ClN6O/c20-17-15(8-22-11-4-6-27-9-11)24-18-12-2-1-10(13-3-5-23-26-13)7-14(12)25-19(21)16(17)18/h1-3,5,7,11,22,24H,4,6,8-9H2,(H2,21,25)(H,23,26)/t11-/m0/s1. The van der Waals surface area contributed by atoms with E-state index in [1.165, 1.54) is 0 Å². The van der Waals surface area contributed by atoms with Gasteiger partial charge in [-0.15, -0.1) is 0 Å². The van der Waals surface area contributed by atoms with E-state index in [-0.39, 0.29) is 0 Å². The van der Waals surface area contributed by atoms with E-state index >= 15 is 0 Å².